The van der Waals surface area contributed by atoms with Crippen molar-refractivity contribution in [3.05, 3.63) is 7.11 Å². The molecule has 0 amide bonds. The van der Waals surface area contributed by atoms with Crippen LogP contribution in [0.3, 0.4) is 0 Å². The van der Waals surface area contributed by atoms with Gasteiger partial charge in [0.15, 0.2) is 5.78 Å². The van der Waals surface area contributed by atoms with Crippen molar-refractivity contribution in [2.45, 2.75) is 20.8 Å². The first kappa shape index (κ1) is 13.6. The molecule has 2 nitrogen and oxygen atoms in total. The van der Waals surface area contributed by atoms with Crippen LogP contribution >= 0.6 is 0 Å². The minimum atomic E-state index is -0.294. The molecule has 57 valence electrons. The fraction of sp³-hybridized carbons (Fsp3) is 0.714. The first-order valence-electron chi connectivity index (χ1n) is 2.89. The first-order valence-corrected chi connectivity index (χ1v) is 2.89. The normalized spacial score (nSPS) is 10.4. The number of ketones is 1. The number of rotatable bonds is 2. The third kappa shape index (κ3) is 5.83. The van der Waals surface area contributed by atoms with E-state index in [-0.39, 0.29) is 61.9 Å². The van der Waals surface area contributed by atoms with Crippen LogP contribution in [0.2, 0.25) is 0 Å². The Morgan fingerprint density at radius 3 is 2.00 bits per heavy atom. The zero-order chi connectivity index (χ0) is 7.49. The van der Waals surface area contributed by atoms with E-state index < -0.39 is 0 Å². The average molecular weight is 356 g/mol. The van der Waals surface area contributed by atoms with Crippen molar-refractivity contribution in [1.82, 2.24) is 0 Å². The number of carbonyl (C=O) groups excluding carboxylic acids is 1. The maximum atomic E-state index is 10.9. The molecule has 0 fully saturated rings. The quantitative estimate of drug-likeness (QED) is 0.700. The van der Waals surface area contributed by atoms with Crippen molar-refractivity contribution in [2.24, 2.45) is 5.41 Å². The average Bonchev–Trinajstić information content (AvgIpc) is 1.64. The zero-order valence-electron chi connectivity index (χ0n) is 6.81. The molecule has 0 heterocycles. The van der Waals surface area contributed by atoms with E-state index in [9.17, 15) is 4.79 Å². The summed E-state index contributed by atoms with van der Waals surface area (Å²) in [6, 6.07) is 0. The second-order valence-corrected chi connectivity index (χ2v) is 3.02. The van der Waals surface area contributed by atoms with E-state index in [1.165, 1.54) is 0 Å². The minimum absolute atomic E-state index is 0. The van der Waals surface area contributed by atoms with Gasteiger partial charge in [0.2, 0.25) is 0 Å². The molecular weight excluding hydrogens is 343 g/mol. The van der Waals surface area contributed by atoms with Gasteiger partial charge in [0.05, 0.1) is 6.61 Å². The standard InChI is InChI=1S/C7H13O2.Ac/c1-7(2,3)6(8)5-9-4;/h4-5H2,1-3H3;/q-1;. The van der Waals surface area contributed by atoms with Crippen molar-refractivity contribution in [3.8, 4) is 0 Å². The van der Waals surface area contributed by atoms with Crippen LogP contribution in [0, 0.1) is 56.6 Å². The summed E-state index contributed by atoms with van der Waals surface area (Å²) >= 11 is 0. The molecule has 0 aliphatic heterocycles. The van der Waals surface area contributed by atoms with Crippen LogP contribution in [0.1, 0.15) is 20.8 Å². The van der Waals surface area contributed by atoms with Crippen LogP contribution in [0.15, 0.2) is 0 Å². The molecular formula is C7H13AcO2-. The van der Waals surface area contributed by atoms with Gasteiger partial charge in [0.1, 0.15) is 0 Å². The van der Waals surface area contributed by atoms with Crippen molar-refractivity contribution in [2.75, 3.05) is 6.61 Å². The number of carbonyl (C=O) groups is 1. The van der Waals surface area contributed by atoms with Gasteiger partial charge in [-0.15, -0.1) is 0 Å². The second kappa shape index (κ2) is 5.69. The Morgan fingerprint density at radius 1 is 1.50 bits per heavy atom. The van der Waals surface area contributed by atoms with Gasteiger partial charge < -0.3 is 4.74 Å². The van der Waals surface area contributed by atoms with E-state index in [0.717, 1.165) is 0 Å². The van der Waals surface area contributed by atoms with Gasteiger partial charge in [-0.25, -0.2) is 7.11 Å². The first-order chi connectivity index (χ1) is 3.98. The van der Waals surface area contributed by atoms with E-state index in [2.05, 4.69) is 11.8 Å². The molecule has 0 unspecified atom stereocenters. The molecule has 0 saturated carbocycles. The van der Waals surface area contributed by atoms with E-state index in [1.54, 1.807) is 0 Å². The van der Waals surface area contributed by atoms with Crippen LogP contribution in [0.25, 0.3) is 0 Å². The molecule has 0 aromatic carbocycles. The Kier molecular flexibility index (Phi) is 7.76. The Hall–Kier alpha value is 1.07. The molecule has 0 aliphatic carbocycles. The van der Waals surface area contributed by atoms with Crippen LogP contribution in [-0.4, -0.2) is 12.4 Å². The van der Waals surface area contributed by atoms with Crippen LogP contribution in [-0.2, 0) is 9.53 Å². The molecule has 1 radical (unpaired) electrons. The SMILES string of the molecule is [Ac].[CH2-]OCC(=O)C(C)(C)C. The largest absolute Gasteiger partial charge is 0.550 e. The predicted octanol–water partition coefficient (Wildman–Crippen LogP) is 1.41. The molecule has 0 N–H and O–H groups in total. The third-order valence-corrected chi connectivity index (χ3v) is 1.07. The summed E-state index contributed by atoms with van der Waals surface area (Å²) in [6.07, 6.45) is 0. The van der Waals surface area contributed by atoms with Gasteiger partial charge in [-0.1, -0.05) is 20.8 Å². The van der Waals surface area contributed by atoms with Gasteiger partial charge >= 0.3 is 0 Å². The van der Waals surface area contributed by atoms with Crippen LogP contribution < -0.4 is 0 Å². The van der Waals surface area contributed by atoms with E-state index in [4.69, 9.17) is 0 Å². The molecule has 0 atom stereocenters. The smallest absolute Gasteiger partial charge is 0.160 e. The van der Waals surface area contributed by atoms with Crippen molar-refractivity contribution in [1.29, 1.82) is 0 Å². The van der Waals surface area contributed by atoms with Crippen molar-refractivity contribution >= 4 is 5.78 Å². The molecule has 0 aromatic rings. The Labute approximate surface area is 98.3 Å². The molecule has 10 heavy (non-hydrogen) atoms. The fourth-order valence-corrected chi connectivity index (χ4v) is 0.309. The van der Waals surface area contributed by atoms with Gasteiger partial charge in [0, 0.05) is 49.5 Å². The summed E-state index contributed by atoms with van der Waals surface area (Å²) < 4.78 is 4.43. The van der Waals surface area contributed by atoms with Crippen molar-refractivity contribution < 1.29 is 53.6 Å². The van der Waals surface area contributed by atoms with Gasteiger partial charge in [-0.2, -0.15) is 0 Å². The van der Waals surface area contributed by atoms with Crippen LogP contribution in [0.5, 0.6) is 0 Å². The van der Waals surface area contributed by atoms with Crippen LogP contribution in [0.4, 0.5) is 0 Å². The number of hydrogen-bond acceptors (Lipinski definition) is 2. The Morgan fingerprint density at radius 2 is 1.90 bits per heavy atom. The summed E-state index contributed by atoms with van der Waals surface area (Å²) in [5.41, 5.74) is -0.294. The Bertz CT molecular complexity index is 105. The summed E-state index contributed by atoms with van der Waals surface area (Å²) in [5, 5.41) is 0. The molecule has 0 saturated heterocycles. The molecule has 3 heteroatoms. The van der Waals surface area contributed by atoms with E-state index in [0.29, 0.717) is 0 Å². The Balaban J connectivity index is 0. The second-order valence-electron chi connectivity index (χ2n) is 3.02. The maximum Gasteiger partial charge on any atom is 0.160 e. The van der Waals surface area contributed by atoms with E-state index >= 15 is 0 Å². The maximum absolute atomic E-state index is 10.9. The van der Waals surface area contributed by atoms with Gasteiger partial charge in [-0.05, 0) is 0 Å². The molecule has 0 aromatic heterocycles. The molecule has 0 bridgehead atoms. The van der Waals surface area contributed by atoms with Gasteiger partial charge in [0.25, 0.3) is 0 Å². The minimum Gasteiger partial charge on any atom is -0.550 e. The molecule has 0 aliphatic rings. The molecule has 0 spiro atoms. The summed E-state index contributed by atoms with van der Waals surface area (Å²) in [6.45, 7) is 5.68. The molecule has 0 rings (SSSR count). The number of ether oxygens (including phenoxy) is 1. The fourth-order valence-electron chi connectivity index (χ4n) is 0.309. The predicted molar refractivity (Wildman–Crippen MR) is 35.8 cm³/mol. The van der Waals surface area contributed by atoms with Gasteiger partial charge in [-0.3, -0.25) is 4.79 Å². The summed E-state index contributed by atoms with van der Waals surface area (Å²) in [7, 11) is 3.12. The summed E-state index contributed by atoms with van der Waals surface area (Å²) in [5.74, 6) is 0.0810. The van der Waals surface area contributed by atoms with E-state index in [1.807, 2.05) is 20.8 Å². The third-order valence-electron chi connectivity index (χ3n) is 1.07. The number of Topliss-reactive ketones (excluding diaryl/α,β-unsaturated/α-hetero) is 1. The summed E-state index contributed by atoms with van der Waals surface area (Å²) in [4.78, 5) is 10.9. The monoisotopic (exact) mass is 356 g/mol. The number of hydrogen-bond donors (Lipinski definition) is 0. The zero-order valence-corrected chi connectivity index (χ0v) is 11.6. The van der Waals surface area contributed by atoms with Crippen molar-refractivity contribution in [3.63, 3.8) is 0 Å². The topological polar surface area (TPSA) is 26.3 Å².